The van der Waals surface area contributed by atoms with Crippen molar-refractivity contribution in [2.75, 3.05) is 11.9 Å². The Morgan fingerprint density at radius 2 is 1.93 bits per heavy atom. The van der Waals surface area contributed by atoms with E-state index in [-0.39, 0.29) is 11.5 Å². The minimum absolute atomic E-state index is 0.225. The second kappa shape index (κ2) is 8.31. The van der Waals surface area contributed by atoms with Gasteiger partial charge in [-0.2, -0.15) is 5.10 Å². The van der Waals surface area contributed by atoms with Gasteiger partial charge >= 0.3 is 0 Å². The van der Waals surface area contributed by atoms with E-state index in [0.29, 0.717) is 35.2 Å². The Bertz CT molecular complexity index is 975. The molecule has 0 spiro atoms. The van der Waals surface area contributed by atoms with Crippen LogP contribution in [0.1, 0.15) is 24.2 Å². The highest BCUT2D eigenvalue weighted by atomic mass is 16.5. The minimum Gasteiger partial charge on any atom is -0.493 e. The Labute approximate surface area is 157 Å². The predicted molar refractivity (Wildman–Crippen MR) is 105 cm³/mol. The lowest BCUT2D eigenvalue weighted by Crippen LogP contribution is -2.12. The van der Waals surface area contributed by atoms with Crippen molar-refractivity contribution in [2.45, 2.75) is 13.8 Å². The van der Waals surface area contributed by atoms with Crippen molar-refractivity contribution in [1.29, 1.82) is 0 Å². The summed E-state index contributed by atoms with van der Waals surface area (Å²) in [4.78, 5) is 23.7. The summed E-state index contributed by atoms with van der Waals surface area (Å²) < 4.78 is 5.68. The molecule has 1 amide bonds. The number of hydrogen-bond donors (Lipinski definition) is 2. The monoisotopic (exact) mass is 363 g/mol. The van der Waals surface area contributed by atoms with Gasteiger partial charge in [-0.1, -0.05) is 32.0 Å². The van der Waals surface area contributed by atoms with Crippen molar-refractivity contribution < 1.29 is 9.53 Å². The van der Waals surface area contributed by atoms with Gasteiger partial charge in [0, 0.05) is 22.9 Å². The number of nitrogens with zero attached hydrogens (tertiary/aromatic N) is 1. The van der Waals surface area contributed by atoms with Gasteiger partial charge in [0.25, 0.3) is 11.5 Å². The SMILES string of the molecule is CC(C)COc1cccc(C(=O)Nc2cccc(-c3ccc(=O)[nH]n3)c2)c1. The molecule has 0 atom stereocenters. The average Bonchev–Trinajstić information content (AvgIpc) is 2.67. The van der Waals surface area contributed by atoms with E-state index in [1.165, 1.54) is 6.07 Å². The Hall–Kier alpha value is -3.41. The molecular weight excluding hydrogens is 342 g/mol. The number of carbonyl (C=O) groups excluding carboxylic acids is 1. The van der Waals surface area contributed by atoms with Crippen molar-refractivity contribution in [3.8, 4) is 17.0 Å². The van der Waals surface area contributed by atoms with E-state index in [9.17, 15) is 9.59 Å². The molecule has 1 heterocycles. The molecule has 138 valence electrons. The summed E-state index contributed by atoms with van der Waals surface area (Å²) >= 11 is 0. The van der Waals surface area contributed by atoms with Crippen molar-refractivity contribution in [1.82, 2.24) is 10.2 Å². The Morgan fingerprint density at radius 3 is 2.67 bits per heavy atom. The topological polar surface area (TPSA) is 84.1 Å². The molecule has 6 nitrogen and oxygen atoms in total. The normalized spacial score (nSPS) is 10.6. The first kappa shape index (κ1) is 18.4. The molecule has 0 radical (unpaired) electrons. The summed E-state index contributed by atoms with van der Waals surface area (Å²) in [6.45, 7) is 4.74. The molecule has 3 aromatic rings. The lowest BCUT2D eigenvalue weighted by molar-refractivity contribution is 0.102. The first-order chi connectivity index (χ1) is 13.0. The number of nitrogens with one attached hydrogen (secondary N) is 2. The number of rotatable bonds is 6. The molecule has 0 fully saturated rings. The van der Waals surface area contributed by atoms with Crippen LogP contribution in [0.4, 0.5) is 5.69 Å². The summed E-state index contributed by atoms with van der Waals surface area (Å²) in [5.41, 5.74) is 2.30. The summed E-state index contributed by atoms with van der Waals surface area (Å²) in [6, 6.07) is 17.4. The van der Waals surface area contributed by atoms with Crippen LogP contribution in [0.25, 0.3) is 11.3 Å². The summed E-state index contributed by atoms with van der Waals surface area (Å²) in [6.07, 6.45) is 0. The quantitative estimate of drug-likeness (QED) is 0.699. The maximum atomic E-state index is 12.6. The standard InChI is InChI=1S/C21H21N3O3/c1-14(2)13-27-18-8-4-6-16(12-18)21(26)22-17-7-3-5-15(11-17)19-9-10-20(25)24-23-19/h3-12,14H,13H2,1-2H3,(H,22,26)(H,24,25). The third-order valence-electron chi connectivity index (χ3n) is 3.77. The second-order valence-electron chi connectivity index (χ2n) is 6.57. The van der Waals surface area contributed by atoms with Crippen LogP contribution in [0.5, 0.6) is 5.75 Å². The molecule has 2 aromatic carbocycles. The molecule has 3 rings (SSSR count). The number of anilines is 1. The lowest BCUT2D eigenvalue weighted by Gasteiger charge is -2.11. The highest BCUT2D eigenvalue weighted by molar-refractivity contribution is 6.04. The fourth-order valence-electron chi connectivity index (χ4n) is 2.45. The summed E-state index contributed by atoms with van der Waals surface area (Å²) in [5, 5.41) is 9.29. The largest absolute Gasteiger partial charge is 0.493 e. The van der Waals surface area contributed by atoms with Crippen LogP contribution in [0.2, 0.25) is 0 Å². The van der Waals surface area contributed by atoms with Crippen molar-refractivity contribution in [3.05, 3.63) is 76.6 Å². The number of H-pyrrole nitrogens is 1. The third kappa shape index (κ3) is 5.04. The number of aromatic amines is 1. The van der Waals surface area contributed by atoms with Crippen LogP contribution in [0.15, 0.2) is 65.5 Å². The van der Waals surface area contributed by atoms with E-state index < -0.39 is 0 Å². The molecule has 0 bridgehead atoms. The van der Waals surface area contributed by atoms with Gasteiger partial charge in [0.1, 0.15) is 5.75 Å². The van der Waals surface area contributed by atoms with E-state index in [1.54, 1.807) is 36.4 Å². The van der Waals surface area contributed by atoms with E-state index in [4.69, 9.17) is 4.74 Å². The summed E-state index contributed by atoms with van der Waals surface area (Å²) in [5.74, 6) is 0.853. The van der Waals surface area contributed by atoms with Crippen molar-refractivity contribution in [2.24, 2.45) is 5.92 Å². The first-order valence-corrected chi connectivity index (χ1v) is 8.71. The van der Waals surface area contributed by atoms with Gasteiger partial charge in [-0.15, -0.1) is 0 Å². The van der Waals surface area contributed by atoms with Gasteiger partial charge in [-0.3, -0.25) is 9.59 Å². The highest BCUT2D eigenvalue weighted by Crippen LogP contribution is 2.21. The number of hydrogen-bond acceptors (Lipinski definition) is 4. The van der Waals surface area contributed by atoms with Crippen LogP contribution < -0.4 is 15.6 Å². The molecule has 0 unspecified atom stereocenters. The fourth-order valence-corrected chi connectivity index (χ4v) is 2.45. The second-order valence-corrected chi connectivity index (χ2v) is 6.57. The van der Waals surface area contributed by atoms with Gasteiger partial charge in [0.05, 0.1) is 12.3 Å². The molecule has 2 N–H and O–H groups in total. The zero-order valence-corrected chi connectivity index (χ0v) is 15.2. The molecule has 0 saturated carbocycles. The number of benzene rings is 2. The Morgan fingerprint density at radius 1 is 1.11 bits per heavy atom. The van der Waals surface area contributed by atoms with Gasteiger partial charge in [-0.05, 0) is 42.3 Å². The molecule has 6 heteroatoms. The molecule has 0 aliphatic rings. The fraction of sp³-hybridized carbons (Fsp3) is 0.190. The minimum atomic E-state index is -0.261. The van der Waals surface area contributed by atoms with Crippen LogP contribution in [-0.2, 0) is 0 Å². The van der Waals surface area contributed by atoms with Gasteiger partial charge in [0.15, 0.2) is 0 Å². The molecule has 27 heavy (non-hydrogen) atoms. The molecule has 0 aliphatic heterocycles. The first-order valence-electron chi connectivity index (χ1n) is 8.71. The average molecular weight is 363 g/mol. The lowest BCUT2D eigenvalue weighted by atomic mass is 10.1. The molecular formula is C21H21N3O3. The zero-order chi connectivity index (χ0) is 19.2. The van der Waals surface area contributed by atoms with E-state index in [1.807, 2.05) is 18.2 Å². The van der Waals surface area contributed by atoms with Crippen molar-refractivity contribution >= 4 is 11.6 Å². The van der Waals surface area contributed by atoms with Crippen LogP contribution in [0, 0.1) is 5.92 Å². The van der Waals surface area contributed by atoms with Crippen LogP contribution >= 0.6 is 0 Å². The van der Waals surface area contributed by atoms with Gasteiger partial charge < -0.3 is 10.1 Å². The van der Waals surface area contributed by atoms with Crippen LogP contribution in [0.3, 0.4) is 0 Å². The van der Waals surface area contributed by atoms with Gasteiger partial charge in [0.2, 0.25) is 0 Å². The summed E-state index contributed by atoms with van der Waals surface area (Å²) in [7, 11) is 0. The molecule has 1 aromatic heterocycles. The maximum Gasteiger partial charge on any atom is 0.264 e. The number of ether oxygens (including phenoxy) is 1. The third-order valence-corrected chi connectivity index (χ3v) is 3.77. The maximum absolute atomic E-state index is 12.6. The molecule has 0 aliphatic carbocycles. The van der Waals surface area contributed by atoms with E-state index in [0.717, 1.165) is 5.56 Å². The zero-order valence-electron chi connectivity index (χ0n) is 15.2. The number of aromatic nitrogens is 2. The van der Waals surface area contributed by atoms with E-state index in [2.05, 4.69) is 29.4 Å². The number of carbonyl (C=O) groups is 1. The van der Waals surface area contributed by atoms with Crippen LogP contribution in [-0.4, -0.2) is 22.7 Å². The van der Waals surface area contributed by atoms with E-state index >= 15 is 0 Å². The number of amides is 1. The smallest absolute Gasteiger partial charge is 0.264 e. The predicted octanol–water partition coefficient (Wildman–Crippen LogP) is 3.72. The Kier molecular flexibility index (Phi) is 5.66. The van der Waals surface area contributed by atoms with Crippen molar-refractivity contribution in [3.63, 3.8) is 0 Å². The van der Waals surface area contributed by atoms with Gasteiger partial charge in [-0.25, -0.2) is 5.10 Å². The highest BCUT2D eigenvalue weighted by Gasteiger charge is 2.09. The molecule has 0 saturated heterocycles. The Balaban J connectivity index is 1.74.